The van der Waals surface area contributed by atoms with Gasteiger partial charge < -0.3 is 5.32 Å². The first-order valence-corrected chi connectivity index (χ1v) is 8.67. The Bertz CT molecular complexity index is 489. The van der Waals surface area contributed by atoms with Crippen molar-refractivity contribution in [2.24, 2.45) is 11.8 Å². The van der Waals surface area contributed by atoms with Gasteiger partial charge in [-0.05, 0) is 61.2 Å². The summed E-state index contributed by atoms with van der Waals surface area (Å²) in [6.07, 6.45) is 2.08. The number of hydrazine groups is 1. The van der Waals surface area contributed by atoms with Gasteiger partial charge in [0, 0.05) is 4.47 Å². The summed E-state index contributed by atoms with van der Waals surface area (Å²) < 4.78 is 1.07. The Morgan fingerprint density at radius 2 is 1.62 bits per heavy atom. The minimum absolute atomic E-state index is 0.146. The minimum Gasteiger partial charge on any atom is -0.342 e. The highest BCUT2D eigenvalue weighted by Crippen LogP contribution is 2.29. The molecule has 116 valence electrons. The molecule has 0 unspecified atom stereocenters. The van der Waals surface area contributed by atoms with E-state index in [1.54, 1.807) is 0 Å². The van der Waals surface area contributed by atoms with Crippen molar-refractivity contribution >= 4 is 38.9 Å². The molecule has 0 amide bonds. The summed E-state index contributed by atoms with van der Waals surface area (Å²) in [4.78, 5) is 0. The fraction of sp³-hybridized carbons (Fsp3) is 0.562. The molecule has 21 heavy (non-hydrogen) atoms. The molecular weight excluding hydrogens is 346 g/mol. The maximum atomic E-state index is 5.55. The predicted octanol–water partition coefficient (Wildman–Crippen LogP) is 4.44. The molecule has 0 bridgehead atoms. The summed E-state index contributed by atoms with van der Waals surface area (Å²) in [5.74, 6) is 1.19. The van der Waals surface area contributed by atoms with E-state index in [2.05, 4.69) is 66.5 Å². The fourth-order valence-corrected chi connectivity index (χ4v) is 3.61. The zero-order valence-corrected chi connectivity index (χ0v) is 15.5. The van der Waals surface area contributed by atoms with E-state index in [9.17, 15) is 0 Å². The summed E-state index contributed by atoms with van der Waals surface area (Å²) >= 11 is 9.02. The molecule has 1 fully saturated rings. The standard InChI is InChI=1S/C16H24BrN3S/c1-11(2)9-16(10-12(3)4)18-15(21)20(19-16)14-7-5-13(17)6-8-14/h5-8,11-12,19H,9-10H2,1-4H3,(H,18,21). The summed E-state index contributed by atoms with van der Waals surface area (Å²) in [6.45, 7) is 8.99. The number of anilines is 1. The second-order valence-corrected chi connectivity index (χ2v) is 7.93. The van der Waals surface area contributed by atoms with Crippen molar-refractivity contribution in [2.45, 2.75) is 46.2 Å². The molecule has 5 heteroatoms. The van der Waals surface area contributed by atoms with Gasteiger partial charge in [-0.2, -0.15) is 0 Å². The van der Waals surface area contributed by atoms with E-state index in [0.29, 0.717) is 11.8 Å². The van der Waals surface area contributed by atoms with Crippen molar-refractivity contribution in [3.05, 3.63) is 28.7 Å². The largest absolute Gasteiger partial charge is 0.342 e. The summed E-state index contributed by atoms with van der Waals surface area (Å²) in [5.41, 5.74) is 4.53. The Morgan fingerprint density at radius 1 is 1.10 bits per heavy atom. The Kier molecular flexibility index (Phi) is 5.28. The van der Waals surface area contributed by atoms with Gasteiger partial charge in [0.1, 0.15) is 5.66 Å². The van der Waals surface area contributed by atoms with Crippen LogP contribution in [0, 0.1) is 11.8 Å². The highest BCUT2D eigenvalue weighted by Gasteiger charge is 2.41. The number of nitrogens with zero attached hydrogens (tertiary/aromatic N) is 1. The zero-order chi connectivity index (χ0) is 15.6. The molecule has 1 aliphatic heterocycles. The average molecular weight is 370 g/mol. The lowest BCUT2D eigenvalue weighted by Gasteiger charge is -2.33. The van der Waals surface area contributed by atoms with Crippen molar-refractivity contribution < 1.29 is 0 Å². The molecule has 3 nitrogen and oxygen atoms in total. The van der Waals surface area contributed by atoms with Gasteiger partial charge in [-0.3, -0.25) is 5.01 Å². The van der Waals surface area contributed by atoms with Crippen molar-refractivity contribution in [1.82, 2.24) is 10.7 Å². The van der Waals surface area contributed by atoms with Gasteiger partial charge in [0.25, 0.3) is 0 Å². The van der Waals surface area contributed by atoms with Gasteiger partial charge in [0.15, 0.2) is 5.11 Å². The number of hydrogen-bond acceptors (Lipinski definition) is 2. The molecule has 1 heterocycles. The topological polar surface area (TPSA) is 27.3 Å². The van der Waals surface area contributed by atoms with Gasteiger partial charge >= 0.3 is 0 Å². The van der Waals surface area contributed by atoms with Gasteiger partial charge in [-0.25, -0.2) is 5.43 Å². The van der Waals surface area contributed by atoms with E-state index in [4.69, 9.17) is 12.2 Å². The number of thiocarbonyl (C=S) groups is 1. The van der Waals surface area contributed by atoms with Crippen LogP contribution >= 0.6 is 28.1 Å². The van der Waals surface area contributed by atoms with Crippen LogP contribution < -0.4 is 15.8 Å². The van der Waals surface area contributed by atoms with Gasteiger partial charge in [-0.15, -0.1) is 0 Å². The van der Waals surface area contributed by atoms with Crippen LogP contribution in [0.15, 0.2) is 28.7 Å². The molecule has 1 aliphatic rings. The third kappa shape index (κ3) is 4.18. The highest BCUT2D eigenvalue weighted by atomic mass is 79.9. The number of hydrogen-bond donors (Lipinski definition) is 2. The second kappa shape index (κ2) is 6.63. The van der Waals surface area contributed by atoms with Crippen LogP contribution in [0.3, 0.4) is 0 Å². The Balaban J connectivity index is 2.23. The van der Waals surface area contributed by atoms with Crippen LogP contribution in [-0.4, -0.2) is 10.8 Å². The first-order chi connectivity index (χ1) is 9.81. The normalized spacial score (nSPS) is 17.7. The SMILES string of the molecule is CC(C)CC1(CC(C)C)NC(=S)N(c2ccc(Br)cc2)N1. The molecule has 0 saturated carbocycles. The quantitative estimate of drug-likeness (QED) is 0.750. The molecule has 2 N–H and O–H groups in total. The van der Waals surface area contributed by atoms with Gasteiger partial charge in [0.05, 0.1) is 5.69 Å². The van der Waals surface area contributed by atoms with Crippen molar-refractivity contribution in [2.75, 3.05) is 5.01 Å². The minimum atomic E-state index is -0.146. The molecule has 1 aromatic rings. The average Bonchev–Trinajstić information content (AvgIpc) is 2.65. The van der Waals surface area contributed by atoms with E-state index in [1.165, 1.54) is 0 Å². The maximum absolute atomic E-state index is 5.55. The fourth-order valence-electron chi connectivity index (χ4n) is 3.00. The molecule has 0 spiro atoms. The molecular formula is C16H24BrN3S. The van der Waals surface area contributed by atoms with Crippen molar-refractivity contribution in [1.29, 1.82) is 0 Å². The molecule has 1 saturated heterocycles. The van der Waals surface area contributed by atoms with Gasteiger partial charge in [0.2, 0.25) is 0 Å². The van der Waals surface area contributed by atoms with Crippen molar-refractivity contribution in [3.8, 4) is 0 Å². The Morgan fingerprint density at radius 3 is 2.10 bits per heavy atom. The number of nitrogens with one attached hydrogen (secondary N) is 2. The van der Waals surface area contributed by atoms with Crippen LogP contribution in [0.4, 0.5) is 5.69 Å². The first kappa shape index (κ1) is 16.7. The summed E-state index contributed by atoms with van der Waals surface area (Å²) in [5, 5.41) is 6.27. The van der Waals surface area contributed by atoms with E-state index in [-0.39, 0.29) is 5.66 Å². The van der Waals surface area contributed by atoms with Crippen LogP contribution in [0.2, 0.25) is 0 Å². The number of benzene rings is 1. The Labute approximate surface area is 141 Å². The maximum Gasteiger partial charge on any atom is 0.189 e. The van der Waals surface area contributed by atoms with E-state index in [1.807, 2.05) is 17.1 Å². The molecule has 2 rings (SSSR count). The summed E-state index contributed by atoms with van der Waals surface area (Å²) in [7, 11) is 0. The molecule has 1 aromatic carbocycles. The summed E-state index contributed by atoms with van der Waals surface area (Å²) in [6, 6.07) is 8.19. The lowest BCUT2D eigenvalue weighted by molar-refractivity contribution is 0.229. The van der Waals surface area contributed by atoms with E-state index in [0.717, 1.165) is 28.1 Å². The molecule has 0 aliphatic carbocycles. The van der Waals surface area contributed by atoms with Crippen LogP contribution in [-0.2, 0) is 0 Å². The molecule has 0 atom stereocenters. The van der Waals surface area contributed by atoms with Crippen LogP contribution in [0.1, 0.15) is 40.5 Å². The lowest BCUT2D eigenvalue weighted by atomic mass is 9.90. The first-order valence-electron chi connectivity index (χ1n) is 7.47. The van der Waals surface area contributed by atoms with Crippen LogP contribution in [0.5, 0.6) is 0 Å². The molecule has 0 radical (unpaired) electrons. The molecule has 0 aromatic heterocycles. The number of halogens is 1. The van der Waals surface area contributed by atoms with Crippen LogP contribution in [0.25, 0.3) is 0 Å². The monoisotopic (exact) mass is 369 g/mol. The zero-order valence-electron chi connectivity index (χ0n) is 13.1. The smallest absolute Gasteiger partial charge is 0.189 e. The second-order valence-electron chi connectivity index (χ2n) is 6.63. The van der Waals surface area contributed by atoms with Crippen molar-refractivity contribution in [3.63, 3.8) is 0 Å². The van der Waals surface area contributed by atoms with E-state index < -0.39 is 0 Å². The van der Waals surface area contributed by atoms with Gasteiger partial charge in [-0.1, -0.05) is 43.6 Å². The Hall–Kier alpha value is -0.650. The third-order valence-electron chi connectivity index (χ3n) is 3.47. The number of rotatable bonds is 5. The lowest BCUT2D eigenvalue weighted by Crippen LogP contribution is -2.53. The third-order valence-corrected chi connectivity index (χ3v) is 4.29. The highest BCUT2D eigenvalue weighted by molar-refractivity contribution is 9.10. The van der Waals surface area contributed by atoms with E-state index >= 15 is 0 Å². The predicted molar refractivity (Wildman–Crippen MR) is 97.1 cm³/mol.